The Kier molecular flexibility index (Phi) is 32.9. The van der Waals surface area contributed by atoms with Crippen LogP contribution in [0.1, 0.15) is 119 Å². The van der Waals surface area contributed by atoms with Crippen LogP contribution in [-0.4, -0.2) is 236 Å². The van der Waals surface area contributed by atoms with Crippen molar-refractivity contribution in [2.45, 2.75) is 130 Å². The molecule has 5 aromatic carbocycles. The van der Waals surface area contributed by atoms with Crippen LogP contribution in [0.3, 0.4) is 0 Å². The number of aliphatic imine (C=N–C) groups is 1. The monoisotopic (exact) mass is 1550 g/mol. The third-order valence-electron chi connectivity index (χ3n) is 20.0. The topological polar surface area (TPSA) is 322 Å². The van der Waals surface area contributed by atoms with E-state index >= 15 is 0 Å². The van der Waals surface area contributed by atoms with Gasteiger partial charge in [-0.3, -0.25) is 48.2 Å². The summed E-state index contributed by atoms with van der Waals surface area (Å²) >= 11 is 0. The molecule has 5 aromatic rings. The van der Waals surface area contributed by atoms with Crippen LogP contribution < -0.4 is 24.4 Å². The van der Waals surface area contributed by atoms with E-state index in [0.717, 1.165) is 26.5 Å². The number of aliphatic hydroxyl groups excluding tert-OH is 1. The molecule has 112 heavy (non-hydrogen) atoms. The second kappa shape index (κ2) is 43.4. The lowest BCUT2D eigenvalue weighted by molar-refractivity contribution is -0.137. The molecule has 3 unspecified atom stereocenters. The molecule has 0 saturated carbocycles. The van der Waals surface area contributed by atoms with Crippen LogP contribution in [0, 0.1) is 18.8 Å². The predicted octanol–water partition coefficient (Wildman–Crippen LogP) is 8.21. The van der Waals surface area contributed by atoms with Crippen molar-refractivity contribution in [3.8, 4) is 17.2 Å². The second-order valence-corrected chi connectivity index (χ2v) is 28.3. The Balaban J connectivity index is 0.579. The van der Waals surface area contributed by atoms with Crippen LogP contribution in [0.5, 0.6) is 17.2 Å². The molecular formula is C84H104N6O22. The molecule has 2 N–H and O–H groups in total. The number of rotatable bonds is 48. The third-order valence-corrected chi connectivity index (χ3v) is 20.0. The molecule has 5 aliphatic heterocycles. The molecule has 0 bridgehead atoms. The molecule has 0 aromatic heterocycles. The molecule has 10 rings (SSSR count). The highest BCUT2D eigenvalue weighted by Crippen LogP contribution is 2.41. The maximum absolute atomic E-state index is 14.7. The fraction of sp³-hybridized carbons (Fsp3) is 0.500. The lowest BCUT2D eigenvalue weighted by atomic mass is 9.88. The number of nitrogens with one attached hydrogen (secondary N) is 1. The van der Waals surface area contributed by atoms with Gasteiger partial charge in [-0.2, -0.15) is 0 Å². The van der Waals surface area contributed by atoms with Crippen LogP contribution in [0.2, 0.25) is 0 Å². The minimum absolute atomic E-state index is 0.0125. The summed E-state index contributed by atoms with van der Waals surface area (Å²) in [5, 5.41) is 15.2. The number of methoxy groups -OCH3 is 1. The molecule has 0 radical (unpaired) electrons. The lowest BCUT2D eigenvalue weighted by Gasteiger charge is -2.39. The minimum Gasteiger partial charge on any atom is -0.493 e. The van der Waals surface area contributed by atoms with E-state index in [2.05, 4.69) is 11.4 Å². The van der Waals surface area contributed by atoms with Gasteiger partial charge in [0.1, 0.15) is 23.9 Å². The van der Waals surface area contributed by atoms with Crippen LogP contribution in [0.4, 0.5) is 16.2 Å². The molecule has 0 spiro atoms. The van der Waals surface area contributed by atoms with E-state index in [9.17, 15) is 48.3 Å². The van der Waals surface area contributed by atoms with E-state index in [0.29, 0.717) is 170 Å². The van der Waals surface area contributed by atoms with Crippen molar-refractivity contribution < 1.29 is 105 Å². The summed E-state index contributed by atoms with van der Waals surface area (Å²) in [4.78, 5) is 129. The van der Waals surface area contributed by atoms with Gasteiger partial charge >= 0.3 is 6.09 Å². The average Bonchev–Trinajstić information content (AvgIpc) is 1.58. The number of nitrogens with zero attached hydrogens (tertiary/aromatic N) is 5. The summed E-state index contributed by atoms with van der Waals surface area (Å²) in [6, 6.07) is 27.5. The van der Waals surface area contributed by atoms with Crippen LogP contribution >= 0.6 is 0 Å². The average molecular weight is 1550 g/mol. The van der Waals surface area contributed by atoms with E-state index in [1.54, 1.807) is 67.3 Å². The molecule has 0 aliphatic carbocycles. The van der Waals surface area contributed by atoms with Gasteiger partial charge in [0, 0.05) is 101 Å². The molecule has 0 fully saturated rings. The number of amides is 6. The minimum atomic E-state index is -1.53. The van der Waals surface area contributed by atoms with E-state index < -0.39 is 36.2 Å². The summed E-state index contributed by atoms with van der Waals surface area (Å²) < 4.78 is 68.6. The molecule has 6 amide bonds. The highest BCUT2D eigenvalue weighted by molar-refractivity contribution is 6.13. The Morgan fingerprint density at radius 1 is 0.554 bits per heavy atom. The molecule has 5 atom stereocenters. The number of anilines is 1. The molecule has 602 valence electrons. The number of aliphatic hydroxyl groups is 1. The molecule has 5 heterocycles. The summed E-state index contributed by atoms with van der Waals surface area (Å²) in [5.41, 5.74) is 7.22. The van der Waals surface area contributed by atoms with E-state index in [1.165, 1.54) is 24.8 Å². The Hall–Kier alpha value is -9.62. The van der Waals surface area contributed by atoms with Crippen molar-refractivity contribution in [2.75, 3.05) is 137 Å². The quantitative estimate of drug-likeness (QED) is 0.0273. The number of carbonyl (C=O) groups excluding carboxylic acids is 9. The molecule has 28 heteroatoms. The van der Waals surface area contributed by atoms with Gasteiger partial charge in [0.15, 0.2) is 23.5 Å². The number of fused-ring (bicyclic) bond motifs is 6. The van der Waals surface area contributed by atoms with Gasteiger partial charge in [0.25, 0.3) is 23.6 Å². The zero-order chi connectivity index (χ0) is 79.3. The number of Topliss-reactive ketones (excluding diaryl/α,β-unsaturated/α-hetero) is 3. The Morgan fingerprint density at radius 3 is 1.68 bits per heavy atom. The third kappa shape index (κ3) is 24.2. The van der Waals surface area contributed by atoms with Gasteiger partial charge in [-0.25, -0.2) is 9.69 Å². The van der Waals surface area contributed by atoms with Crippen molar-refractivity contribution in [3.05, 3.63) is 159 Å². The van der Waals surface area contributed by atoms with Crippen molar-refractivity contribution in [2.24, 2.45) is 16.8 Å². The zero-order valence-corrected chi connectivity index (χ0v) is 64.6. The number of ether oxygens (including phenoxy) is 12. The zero-order valence-electron chi connectivity index (χ0n) is 64.6. The first-order valence-electron chi connectivity index (χ1n) is 38.5. The van der Waals surface area contributed by atoms with Crippen LogP contribution in [0.15, 0.2) is 114 Å². The fourth-order valence-electron chi connectivity index (χ4n) is 13.6. The highest BCUT2D eigenvalue weighted by Gasteiger charge is 2.46. The Morgan fingerprint density at radius 2 is 1.09 bits per heavy atom. The maximum Gasteiger partial charge on any atom is 0.416 e. The first-order valence-corrected chi connectivity index (χ1v) is 38.5. The van der Waals surface area contributed by atoms with Crippen molar-refractivity contribution in [1.29, 1.82) is 0 Å². The smallest absolute Gasteiger partial charge is 0.416 e. The summed E-state index contributed by atoms with van der Waals surface area (Å²) in [6.45, 7) is 13.9. The van der Waals surface area contributed by atoms with E-state index in [-0.39, 0.29) is 142 Å². The van der Waals surface area contributed by atoms with Gasteiger partial charge in [0.2, 0.25) is 5.91 Å². The predicted molar refractivity (Wildman–Crippen MR) is 411 cm³/mol. The highest BCUT2D eigenvalue weighted by atomic mass is 16.6. The van der Waals surface area contributed by atoms with E-state index in [4.69, 9.17) is 61.8 Å². The first kappa shape index (κ1) is 84.8. The van der Waals surface area contributed by atoms with Crippen molar-refractivity contribution in [3.63, 3.8) is 0 Å². The van der Waals surface area contributed by atoms with Crippen LogP contribution in [-0.2, 0) is 110 Å². The summed E-state index contributed by atoms with van der Waals surface area (Å²) in [6.07, 6.45) is 4.21. The standard InChI is InChI=1S/C84H104N6O22/c1-56(2)68(48-67(92)24-29-103-31-33-105-35-37-107-39-41-109-43-42-108-40-38-106-36-34-104-32-30-102-26-10-16-66(91)23-25-87-78(94)21-22-79(87)95)80(96)86-58(4)74(93)45-59-17-19-60(20-18-59)55-112-84(100)90-72-51-75(57(3)44-70(72)82(98)89-54-64-15-9-7-13-62(64)47-73(89)83(90)99)110-27-11-28-111-77-50-71-69(49-76(77)101-5)81(97)88-53-63-14-8-6-12-61(63)46-65(88)52-85-71/h6-9,12-15,17-22,44,49-52,56,58,65,68,73,83,99H,10-11,16,23-43,45-48,53-55H2,1-5H3,(H,86,96)/t58-,65?,68-,73?,83?/m0/s1. The van der Waals surface area contributed by atoms with Crippen LogP contribution in [0.25, 0.3) is 0 Å². The lowest BCUT2D eigenvalue weighted by Crippen LogP contribution is -2.55. The van der Waals surface area contributed by atoms with Gasteiger partial charge in [-0.15, -0.1) is 0 Å². The maximum atomic E-state index is 14.7. The van der Waals surface area contributed by atoms with Crippen molar-refractivity contribution >= 4 is 70.6 Å². The van der Waals surface area contributed by atoms with Gasteiger partial charge < -0.3 is 77.1 Å². The molecular weight excluding hydrogens is 1440 g/mol. The first-order chi connectivity index (χ1) is 54.3. The number of hydrogen-bond acceptors (Lipinski definition) is 23. The van der Waals surface area contributed by atoms with Gasteiger partial charge in [-0.1, -0.05) is 86.6 Å². The number of aryl methyl sites for hydroxylation is 1. The van der Waals surface area contributed by atoms with Gasteiger partial charge in [0.05, 0.1) is 160 Å². The SMILES string of the molecule is COc1cc2c(cc1OCCCOc1cc3c(cc1C)C(=O)N1Cc4ccccc4CC1C(O)N3C(=O)OCc1ccc(CC(=O)[C@H](C)NC(=O)[C@@H](CC(=O)CCOCCOCCOCCOCCOCCOCCOCCOCCCC(=O)CCN3C(=O)C=CC3=O)C(C)C)cc1)N=CC1Cc3ccccc3CN1C2=O. The van der Waals surface area contributed by atoms with E-state index in [1.807, 2.05) is 67.4 Å². The normalized spacial score (nSPS) is 16.7. The Labute approximate surface area is 653 Å². The summed E-state index contributed by atoms with van der Waals surface area (Å²) in [7, 11) is 1.52. The van der Waals surface area contributed by atoms with Crippen molar-refractivity contribution in [1.82, 2.24) is 20.0 Å². The number of ketones is 3. The van der Waals surface area contributed by atoms with Gasteiger partial charge in [-0.05, 0) is 90.1 Å². The fourth-order valence-corrected chi connectivity index (χ4v) is 13.6. The molecule has 0 saturated heterocycles. The molecule has 28 nitrogen and oxygen atoms in total. The Bertz CT molecular complexity index is 4090. The number of imide groups is 1. The largest absolute Gasteiger partial charge is 0.493 e. The second-order valence-electron chi connectivity index (χ2n) is 28.3. The number of hydrogen-bond donors (Lipinski definition) is 2. The summed E-state index contributed by atoms with van der Waals surface area (Å²) in [5.74, 6) is -1.80. The number of carbonyl (C=O) groups is 9. The molecule has 5 aliphatic rings. The number of benzene rings is 5.